The summed E-state index contributed by atoms with van der Waals surface area (Å²) in [5.41, 5.74) is 1.17. The molecular weight excluding hydrogens is 276 g/mol. The Morgan fingerprint density at radius 3 is 2.45 bits per heavy atom. The molecule has 0 aliphatic heterocycles. The second-order valence-electron chi connectivity index (χ2n) is 5.55. The highest BCUT2D eigenvalue weighted by molar-refractivity contribution is 5.76. The SMILES string of the molecule is CCCCCN(CCNC(=O)CCc1ccccc1)C(C)=O. The minimum Gasteiger partial charge on any atom is -0.354 e. The highest BCUT2D eigenvalue weighted by Gasteiger charge is 2.08. The predicted octanol–water partition coefficient (Wildman–Crippen LogP) is 2.77. The summed E-state index contributed by atoms with van der Waals surface area (Å²) in [6.07, 6.45) is 4.53. The number of aryl methyl sites for hydroxylation is 1. The molecular formula is C18H28N2O2. The zero-order chi connectivity index (χ0) is 16.2. The molecule has 0 saturated heterocycles. The van der Waals surface area contributed by atoms with Gasteiger partial charge in [-0.3, -0.25) is 9.59 Å². The Bertz CT molecular complexity index is 446. The third-order valence-electron chi connectivity index (χ3n) is 3.66. The lowest BCUT2D eigenvalue weighted by molar-refractivity contribution is -0.129. The first-order valence-corrected chi connectivity index (χ1v) is 8.19. The zero-order valence-electron chi connectivity index (χ0n) is 13.8. The summed E-state index contributed by atoms with van der Waals surface area (Å²) in [4.78, 5) is 25.2. The van der Waals surface area contributed by atoms with Crippen molar-refractivity contribution in [2.45, 2.75) is 46.0 Å². The van der Waals surface area contributed by atoms with Gasteiger partial charge in [-0.2, -0.15) is 0 Å². The van der Waals surface area contributed by atoms with Gasteiger partial charge in [-0.25, -0.2) is 0 Å². The van der Waals surface area contributed by atoms with Gasteiger partial charge in [-0.05, 0) is 18.4 Å². The van der Waals surface area contributed by atoms with E-state index in [1.165, 1.54) is 5.56 Å². The third kappa shape index (κ3) is 7.81. The summed E-state index contributed by atoms with van der Waals surface area (Å²) in [6.45, 7) is 5.63. The van der Waals surface area contributed by atoms with E-state index in [0.29, 0.717) is 19.5 Å². The van der Waals surface area contributed by atoms with Crippen LogP contribution in [-0.2, 0) is 16.0 Å². The van der Waals surface area contributed by atoms with E-state index in [0.717, 1.165) is 32.2 Å². The molecule has 0 aliphatic rings. The average molecular weight is 304 g/mol. The molecule has 1 aromatic rings. The molecule has 0 heterocycles. The van der Waals surface area contributed by atoms with Crippen LogP contribution in [0.4, 0.5) is 0 Å². The van der Waals surface area contributed by atoms with Crippen LogP contribution in [0, 0.1) is 0 Å². The molecule has 0 aromatic heterocycles. The number of amides is 2. The van der Waals surface area contributed by atoms with Crippen molar-refractivity contribution in [3.8, 4) is 0 Å². The summed E-state index contributed by atoms with van der Waals surface area (Å²) < 4.78 is 0. The largest absolute Gasteiger partial charge is 0.354 e. The van der Waals surface area contributed by atoms with Crippen LogP contribution in [0.3, 0.4) is 0 Å². The monoisotopic (exact) mass is 304 g/mol. The van der Waals surface area contributed by atoms with Gasteiger partial charge in [0.1, 0.15) is 0 Å². The molecule has 1 rings (SSSR count). The Hall–Kier alpha value is -1.84. The molecule has 0 unspecified atom stereocenters. The van der Waals surface area contributed by atoms with Crippen LogP contribution in [0.25, 0.3) is 0 Å². The van der Waals surface area contributed by atoms with Crippen molar-refractivity contribution in [3.63, 3.8) is 0 Å². The average Bonchev–Trinajstić information content (AvgIpc) is 2.52. The number of unbranched alkanes of at least 4 members (excludes halogenated alkanes) is 2. The van der Waals surface area contributed by atoms with Crippen LogP contribution in [0.15, 0.2) is 30.3 Å². The Kier molecular flexibility index (Phi) is 8.96. The molecule has 0 aliphatic carbocycles. The molecule has 4 heteroatoms. The Morgan fingerprint density at radius 1 is 1.09 bits per heavy atom. The minimum absolute atomic E-state index is 0.0425. The zero-order valence-corrected chi connectivity index (χ0v) is 13.8. The number of benzene rings is 1. The van der Waals surface area contributed by atoms with E-state index < -0.39 is 0 Å². The van der Waals surface area contributed by atoms with Crippen LogP contribution in [-0.4, -0.2) is 36.3 Å². The van der Waals surface area contributed by atoms with Crippen molar-refractivity contribution in [2.24, 2.45) is 0 Å². The topological polar surface area (TPSA) is 49.4 Å². The third-order valence-corrected chi connectivity index (χ3v) is 3.66. The fraction of sp³-hybridized carbons (Fsp3) is 0.556. The second-order valence-corrected chi connectivity index (χ2v) is 5.55. The number of carbonyl (C=O) groups is 2. The van der Waals surface area contributed by atoms with E-state index in [1.54, 1.807) is 6.92 Å². The van der Waals surface area contributed by atoms with Crippen molar-refractivity contribution in [3.05, 3.63) is 35.9 Å². The first-order chi connectivity index (χ1) is 10.6. The van der Waals surface area contributed by atoms with Gasteiger partial charge < -0.3 is 10.2 Å². The van der Waals surface area contributed by atoms with Crippen LogP contribution in [0.5, 0.6) is 0 Å². The molecule has 0 spiro atoms. The molecule has 0 radical (unpaired) electrons. The standard InChI is InChI=1S/C18H28N2O2/c1-3-4-8-14-20(16(2)21)15-13-19-18(22)12-11-17-9-6-5-7-10-17/h5-7,9-10H,3-4,8,11-15H2,1-2H3,(H,19,22). The Morgan fingerprint density at radius 2 is 1.82 bits per heavy atom. The summed E-state index contributed by atoms with van der Waals surface area (Å²) in [6, 6.07) is 9.98. The lowest BCUT2D eigenvalue weighted by atomic mass is 10.1. The Labute approximate surface area is 133 Å². The van der Waals surface area contributed by atoms with E-state index in [9.17, 15) is 9.59 Å². The van der Waals surface area contributed by atoms with Crippen molar-refractivity contribution in [2.75, 3.05) is 19.6 Å². The number of nitrogens with one attached hydrogen (secondary N) is 1. The summed E-state index contributed by atoms with van der Waals surface area (Å²) >= 11 is 0. The molecule has 0 saturated carbocycles. The summed E-state index contributed by atoms with van der Waals surface area (Å²) in [5.74, 6) is 0.121. The lowest BCUT2D eigenvalue weighted by Gasteiger charge is -2.21. The maximum atomic E-state index is 11.8. The minimum atomic E-state index is 0.0425. The van der Waals surface area contributed by atoms with E-state index in [2.05, 4.69) is 12.2 Å². The molecule has 1 N–H and O–H groups in total. The Balaban J connectivity index is 2.20. The quantitative estimate of drug-likeness (QED) is 0.676. The van der Waals surface area contributed by atoms with Gasteiger partial charge in [0.15, 0.2) is 0 Å². The van der Waals surface area contributed by atoms with Gasteiger partial charge >= 0.3 is 0 Å². The lowest BCUT2D eigenvalue weighted by Crippen LogP contribution is -2.38. The van der Waals surface area contributed by atoms with E-state index in [1.807, 2.05) is 35.2 Å². The molecule has 0 fully saturated rings. The summed E-state index contributed by atoms with van der Waals surface area (Å²) in [5, 5.41) is 2.90. The van der Waals surface area contributed by atoms with Gasteiger partial charge in [0.2, 0.25) is 11.8 Å². The van der Waals surface area contributed by atoms with E-state index in [-0.39, 0.29) is 11.8 Å². The summed E-state index contributed by atoms with van der Waals surface area (Å²) in [7, 11) is 0. The molecule has 4 nitrogen and oxygen atoms in total. The molecule has 1 aromatic carbocycles. The molecule has 22 heavy (non-hydrogen) atoms. The van der Waals surface area contributed by atoms with Crippen LogP contribution >= 0.6 is 0 Å². The number of rotatable bonds is 10. The predicted molar refractivity (Wildman–Crippen MR) is 89.6 cm³/mol. The molecule has 0 bridgehead atoms. The van der Waals surface area contributed by atoms with Crippen LogP contribution < -0.4 is 5.32 Å². The highest BCUT2D eigenvalue weighted by Crippen LogP contribution is 2.02. The van der Waals surface area contributed by atoms with E-state index >= 15 is 0 Å². The van der Waals surface area contributed by atoms with Crippen molar-refractivity contribution in [1.82, 2.24) is 10.2 Å². The normalized spacial score (nSPS) is 10.3. The second kappa shape index (κ2) is 10.8. The fourth-order valence-corrected chi connectivity index (χ4v) is 2.30. The van der Waals surface area contributed by atoms with Gasteiger partial charge in [0.05, 0.1) is 0 Å². The molecule has 0 atom stereocenters. The van der Waals surface area contributed by atoms with Gasteiger partial charge in [-0.1, -0.05) is 50.1 Å². The first-order valence-electron chi connectivity index (χ1n) is 8.19. The highest BCUT2D eigenvalue weighted by atomic mass is 16.2. The fourth-order valence-electron chi connectivity index (χ4n) is 2.30. The smallest absolute Gasteiger partial charge is 0.220 e. The van der Waals surface area contributed by atoms with Crippen molar-refractivity contribution in [1.29, 1.82) is 0 Å². The number of hydrogen-bond acceptors (Lipinski definition) is 2. The van der Waals surface area contributed by atoms with Crippen LogP contribution in [0.1, 0.15) is 45.1 Å². The maximum absolute atomic E-state index is 11.8. The molecule has 2 amide bonds. The molecule has 122 valence electrons. The maximum Gasteiger partial charge on any atom is 0.220 e. The van der Waals surface area contributed by atoms with Crippen molar-refractivity contribution < 1.29 is 9.59 Å². The number of nitrogens with zero attached hydrogens (tertiary/aromatic N) is 1. The van der Waals surface area contributed by atoms with Crippen molar-refractivity contribution >= 4 is 11.8 Å². The number of carbonyl (C=O) groups excluding carboxylic acids is 2. The van der Waals surface area contributed by atoms with Crippen LogP contribution in [0.2, 0.25) is 0 Å². The van der Waals surface area contributed by atoms with E-state index in [4.69, 9.17) is 0 Å². The van der Waals surface area contributed by atoms with Gasteiger partial charge in [-0.15, -0.1) is 0 Å². The van der Waals surface area contributed by atoms with Gasteiger partial charge in [0.25, 0.3) is 0 Å². The number of hydrogen-bond donors (Lipinski definition) is 1. The first kappa shape index (κ1) is 18.2. The van der Waals surface area contributed by atoms with Gasteiger partial charge in [0, 0.05) is 33.0 Å².